The molecule has 0 saturated carbocycles. The summed E-state index contributed by atoms with van der Waals surface area (Å²) in [6.45, 7) is 5.84. The summed E-state index contributed by atoms with van der Waals surface area (Å²) in [5, 5.41) is 6.33. The normalized spacial score (nSPS) is 10.9. The van der Waals surface area contributed by atoms with Crippen LogP contribution in [0.25, 0.3) is 22.6 Å². The van der Waals surface area contributed by atoms with E-state index in [-0.39, 0.29) is 17.1 Å². The first-order chi connectivity index (χ1) is 15.8. The molecule has 33 heavy (non-hydrogen) atoms. The highest BCUT2D eigenvalue weighted by atomic mass is 35.5. The van der Waals surface area contributed by atoms with Crippen LogP contribution in [0.5, 0.6) is 5.75 Å². The number of nitrogens with zero attached hydrogens (tertiary/aromatic N) is 1. The van der Waals surface area contributed by atoms with Gasteiger partial charge in [0.25, 0.3) is 5.91 Å². The maximum Gasteiger partial charge on any atom is 0.257 e. The molecule has 0 aliphatic rings. The first-order valence-electron chi connectivity index (χ1n) is 10.3. The Balaban J connectivity index is 1.49. The van der Waals surface area contributed by atoms with Crippen LogP contribution in [0.4, 0.5) is 5.69 Å². The number of rotatable bonds is 5. The fraction of sp³-hybridized carbons (Fsp3) is 0.160. The number of thiocarbonyl (C=S) groups is 1. The number of aryl methyl sites for hydroxylation is 1. The molecule has 8 heteroatoms. The van der Waals surface area contributed by atoms with E-state index in [9.17, 15) is 4.79 Å². The summed E-state index contributed by atoms with van der Waals surface area (Å²) >= 11 is 11.7. The lowest BCUT2D eigenvalue weighted by Crippen LogP contribution is -2.34. The summed E-state index contributed by atoms with van der Waals surface area (Å²) in [4.78, 5) is 17.1. The van der Waals surface area contributed by atoms with Crippen LogP contribution >= 0.6 is 23.8 Å². The summed E-state index contributed by atoms with van der Waals surface area (Å²) in [6, 6.07) is 18.0. The number of aromatic nitrogens is 1. The number of nitrogens with one attached hydrogen (secondary N) is 2. The number of carbonyl (C=O) groups excluding carboxylic acids is 1. The van der Waals surface area contributed by atoms with Crippen molar-refractivity contribution >= 4 is 51.6 Å². The number of benzene rings is 3. The molecule has 0 aliphatic carbocycles. The Bertz CT molecular complexity index is 1350. The van der Waals surface area contributed by atoms with Crippen molar-refractivity contribution in [3.05, 3.63) is 76.8 Å². The molecule has 0 radical (unpaired) electrons. The van der Waals surface area contributed by atoms with Crippen LogP contribution < -0.4 is 15.4 Å². The van der Waals surface area contributed by atoms with Crippen LogP contribution in [0, 0.1) is 6.92 Å². The van der Waals surface area contributed by atoms with E-state index in [1.54, 1.807) is 42.5 Å². The van der Waals surface area contributed by atoms with Gasteiger partial charge in [-0.05, 0) is 87.1 Å². The van der Waals surface area contributed by atoms with Gasteiger partial charge in [0.2, 0.25) is 5.89 Å². The van der Waals surface area contributed by atoms with Crippen LogP contribution in [-0.4, -0.2) is 22.1 Å². The largest absolute Gasteiger partial charge is 0.491 e. The number of ether oxygens (including phenoxy) is 1. The maximum atomic E-state index is 12.6. The van der Waals surface area contributed by atoms with Crippen molar-refractivity contribution in [1.82, 2.24) is 10.3 Å². The smallest absolute Gasteiger partial charge is 0.257 e. The van der Waals surface area contributed by atoms with Crippen molar-refractivity contribution in [3.63, 3.8) is 0 Å². The quantitative estimate of drug-likeness (QED) is 0.324. The van der Waals surface area contributed by atoms with E-state index in [4.69, 9.17) is 33.0 Å². The van der Waals surface area contributed by atoms with Gasteiger partial charge in [0.1, 0.15) is 11.3 Å². The topological polar surface area (TPSA) is 76.4 Å². The van der Waals surface area contributed by atoms with Gasteiger partial charge in [-0.2, -0.15) is 0 Å². The molecular formula is C25H22ClN3O3S. The van der Waals surface area contributed by atoms with Crippen molar-refractivity contribution in [2.75, 3.05) is 5.32 Å². The Morgan fingerprint density at radius 3 is 2.73 bits per heavy atom. The second-order valence-corrected chi connectivity index (χ2v) is 8.60. The molecule has 0 unspecified atom stereocenters. The predicted molar refractivity (Wildman–Crippen MR) is 135 cm³/mol. The lowest BCUT2D eigenvalue weighted by molar-refractivity contribution is 0.0977. The first kappa shape index (κ1) is 22.8. The van der Waals surface area contributed by atoms with E-state index in [2.05, 4.69) is 15.6 Å². The molecule has 6 nitrogen and oxygen atoms in total. The van der Waals surface area contributed by atoms with Gasteiger partial charge in [-0.25, -0.2) is 4.98 Å². The Labute approximate surface area is 201 Å². The van der Waals surface area contributed by atoms with E-state index in [1.807, 2.05) is 39.0 Å². The molecule has 168 valence electrons. The Kier molecular flexibility index (Phi) is 6.62. The number of amides is 1. The second-order valence-electron chi connectivity index (χ2n) is 7.79. The standard InChI is InChI=1S/C25H22ClN3O3S/c1-14(2)31-18-6-4-5-16(12-18)23(30)29-25(33)27-17-8-9-20(26)19(13-17)24-28-21-10-7-15(3)11-22(21)32-24/h4-14H,1-3H3,(H2,27,29,30,33). The van der Waals surface area contributed by atoms with Gasteiger partial charge in [0.05, 0.1) is 16.7 Å². The van der Waals surface area contributed by atoms with Crippen LogP contribution in [0.2, 0.25) is 5.02 Å². The van der Waals surface area contributed by atoms with Gasteiger partial charge >= 0.3 is 0 Å². The van der Waals surface area contributed by atoms with E-state index < -0.39 is 0 Å². The molecular weight excluding hydrogens is 458 g/mol. The van der Waals surface area contributed by atoms with Gasteiger partial charge in [0, 0.05) is 11.3 Å². The molecule has 0 saturated heterocycles. The SMILES string of the molecule is Cc1ccc2nc(-c3cc(NC(=S)NC(=O)c4cccc(OC(C)C)c4)ccc3Cl)oc2c1. The lowest BCUT2D eigenvalue weighted by Gasteiger charge is -2.13. The molecule has 2 N–H and O–H groups in total. The van der Waals surface area contributed by atoms with E-state index >= 15 is 0 Å². The zero-order chi connectivity index (χ0) is 23.5. The molecule has 0 bridgehead atoms. The highest BCUT2D eigenvalue weighted by Gasteiger charge is 2.14. The summed E-state index contributed by atoms with van der Waals surface area (Å²) in [5.74, 6) is 0.679. The third-order valence-corrected chi connectivity index (χ3v) is 5.23. The number of hydrogen-bond acceptors (Lipinski definition) is 5. The maximum absolute atomic E-state index is 12.6. The molecule has 4 rings (SSSR count). The predicted octanol–water partition coefficient (Wildman–Crippen LogP) is 6.37. The van der Waals surface area contributed by atoms with Crippen molar-refractivity contribution < 1.29 is 13.9 Å². The number of hydrogen-bond donors (Lipinski definition) is 2. The average molecular weight is 480 g/mol. The van der Waals surface area contributed by atoms with E-state index in [0.29, 0.717) is 39.1 Å². The van der Waals surface area contributed by atoms with Crippen LogP contribution in [0.15, 0.2) is 65.1 Å². The highest BCUT2D eigenvalue weighted by Crippen LogP contribution is 2.32. The van der Waals surface area contributed by atoms with E-state index in [1.165, 1.54) is 0 Å². The molecule has 0 atom stereocenters. The van der Waals surface area contributed by atoms with Gasteiger partial charge in [-0.3, -0.25) is 10.1 Å². The number of anilines is 1. The molecule has 0 aliphatic heterocycles. The summed E-state index contributed by atoms with van der Waals surface area (Å²) in [7, 11) is 0. The summed E-state index contributed by atoms with van der Waals surface area (Å²) in [6.07, 6.45) is 0.00965. The monoisotopic (exact) mass is 479 g/mol. The van der Waals surface area contributed by atoms with Crippen molar-refractivity contribution in [3.8, 4) is 17.2 Å². The first-order valence-corrected chi connectivity index (χ1v) is 11.1. The summed E-state index contributed by atoms with van der Waals surface area (Å²) in [5.41, 5.74) is 4.20. The number of halogens is 1. The Morgan fingerprint density at radius 1 is 1.12 bits per heavy atom. The minimum Gasteiger partial charge on any atom is -0.491 e. The van der Waals surface area contributed by atoms with Crippen molar-refractivity contribution in [2.45, 2.75) is 26.9 Å². The van der Waals surface area contributed by atoms with Gasteiger partial charge in [-0.15, -0.1) is 0 Å². The van der Waals surface area contributed by atoms with Crippen LogP contribution in [-0.2, 0) is 0 Å². The number of oxazole rings is 1. The van der Waals surface area contributed by atoms with Gasteiger partial charge < -0.3 is 14.5 Å². The Hall–Kier alpha value is -3.42. The highest BCUT2D eigenvalue weighted by molar-refractivity contribution is 7.80. The number of carbonyl (C=O) groups is 1. The zero-order valence-electron chi connectivity index (χ0n) is 18.3. The fourth-order valence-corrected chi connectivity index (χ4v) is 3.64. The van der Waals surface area contributed by atoms with Gasteiger partial charge in [0.15, 0.2) is 10.7 Å². The second kappa shape index (κ2) is 9.60. The molecule has 0 fully saturated rings. The van der Waals surface area contributed by atoms with Crippen LogP contribution in [0.1, 0.15) is 29.8 Å². The lowest BCUT2D eigenvalue weighted by atomic mass is 10.2. The summed E-state index contributed by atoms with van der Waals surface area (Å²) < 4.78 is 11.5. The van der Waals surface area contributed by atoms with E-state index in [0.717, 1.165) is 11.1 Å². The zero-order valence-corrected chi connectivity index (χ0v) is 19.9. The number of fused-ring (bicyclic) bond motifs is 1. The molecule has 1 aromatic heterocycles. The van der Waals surface area contributed by atoms with Crippen LogP contribution in [0.3, 0.4) is 0 Å². The third kappa shape index (κ3) is 5.50. The molecule has 0 spiro atoms. The Morgan fingerprint density at radius 2 is 1.94 bits per heavy atom. The average Bonchev–Trinajstić information content (AvgIpc) is 3.17. The molecule has 3 aromatic carbocycles. The molecule has 4 aromatic rings. The van der Waals surface area contributed by atoms with Gasteiger partial charge in [-0.1, -0.05) is 23.7 Å². The minimum atomic E-state index is -0.342. The molecule has 1 amide bonds. The third-order valence-electron chi connectivity index (χ3n) is 4.69. The minimum absolute atomic E-state index is 0.00965. The molecule has 1 heterocycles. The van der Waals surface area contributed by atoms with Crippen molar-refractivity contribution in [2.24, 2.45) is 0 Å². The fourth-order valence-electron chi connectivity index (χ4n) is 3.23. The van der Waals surface area contributed by atoms with Crippen molar-refractivity contribution in [1.29, 1.82) is 0 Å².